The van der Waals surface area contributed by atoms with Crippen LogP contribution < -0.4 is 9.47 Å². The van der Waals surface area contributed by atoms with Crippen LogP contribution in [0.1, 0.15) is 37.8 Å². The number of ketones is 1. The van der Waals surface area contributed by atoms with Crippen LogP contribution >= 0.6 is 0 Å². The Morgan fingerprint density at radius 1 is 1.20 bits per heavy atom. The topological polar surface area (TPSA) is 48.4 Å². The summed E-state index contributed by atoms with van der Waals surface area (Å²) in [4.78, 5) is 16.3. The van der Waals surface area contributed by atoms with Crippen LogP contribution in [0.25, 0.3) is 6.08 Å². The highest BCUT2D eigenvalue weighted by Gasteiger charge is 2.18. The molecular weight excluding hydrogens is 254 g/mol. The van der Waals surface area contributed by atoms with Crippen molar-refractivity contribution in [2.75, 3.05) is 14.2 Å². The molecule has 0 spiro atoms. The summed E-state index contributed by atoms with van der Waals surface area (Å²) in [5, 5.41) is 0. The van der Waals surface area contributed by atoms with Gasteiger partial charge in [0.15, 0.2) is 17.3 Å². The predicted molar refractivity (Wildman–Crippen MR) is 78.0 cm³/mol. The smallest absolute Gasteiger partial charge is 0.179 e. The third-order valence-electron chi connectivity index (χ3n) is 3.72. The van der Waals surface area contributed by atoms with E-state index >= 15 is 0 Å². The van der Waals surface area contributed by atoms with Crippen LogP contribution in [0.2, 0.25) is 0 Å². The Bertz CT molecular complexity index is 490. The highest BCUT2D eigenvalue weighted by atomic mass is 16.5. The summed E-state index contributed by atoms with van der Waals surface area (Å²) >= 11 is 0. The Labute approximate surface area is 119 Å². The molecule has 0 unspecified atom stereocenters. The van der Waals surface area contributed by atoms with Crippen LogP contribution in [-0.4, -0.2) is 25.0 Å². The molecule has 108 valence electrons. The van der Waals surface area contributed by atoms with E-state index in [-0.39, 0.29) is 11.7 Å². The lowest BCUT2D eigenvalue weighted by Gasteiger charge is -2.18. The number of carbonyl (C=O) groups is 1. The van der Waals surface area contributed by atoms with Gasteiger partial charge in [-0.2, -0.15) is 0 Å². The molecular formula is C16H21NO3. The molecule has 0 aromatic carbocycles. The van der Waals surface area contributed by atoms with Crippen LogP contribution in [0.3, 0.4) is 0 Å². The van der Waals surface area contributed by atoms with Gasteiger partial charge in [-0.05, 0) is 25.0 Å². The predicted octanol–water partition coefficient (Wildman–Crippen LogP) is 3.26. The molecule has 1 aliphatic carbocycles. The second-order valence-electron chi connectivity index (χ2n) is 5.03. The number of ether oxygens (including phenoxy) is 2. The van der Waals surface area contributed by atoms with Gasteiger partial charge in [0.05, 0.1) is 26.1 Å². The maximum Gasteiger partial charge on any atom is 0.179 e. The standard InChI is InChI=1S/C16H21NO3/c1-19-15-10-13(17-11-16(15)20-2)8-9-14(18)12-6-4-3-5-7-12/h8-12H,3-7H2,1-2H3. The van der Waals surface area contributed by atoms with E-state index in [9.17, 15) is 4.79 Å². The van der Waals surface area contributed by atoms with Crippen molar-refractivity contribution in [2.24, 2.45) is 5.92 Å². The summed E-state index contributed by atoms with van der Waals surface area (Å²) in [7, 11) is 3.15. The first-order chi connectivity index (χ1) is 9.74. The van der Waals surface area contributed by atoms with E-state index in [1.807, 2.05) is 0 Å². The minimum Gasteiger partial charge on any atom is -0.493 e. The molecule has 0 radical (unpaired) electrons. The van der Waals surface area contributed by atoms with Crippen molar-refractivity contribution in [1.29, 1.82) is 0 Å². The summed E-state index contributed by atoms with van der Waals surface area (Å²) in [6.07, 6.45) is 10.6. The lowest BCUT2D eigenvalue weighted by Crippen LogP contribution is -2.15. The van der Waals surface area contributed by atoms with Gasteiger partial charge in [-0.25, -0.2) is 0 Å². The van der Waals surface area contributed by atoms with Gasteiger partial charge in [0.1, 0.15) is 0 Å². The fourth-order valence-electron chi connectivity index (χ4n) is 2.53. The monoisotopic (exact) mass is 275 g/mol. The minimum absolute atomic E-state index is 0.195. The van der Waals surface area contributed by atoms with E-state index in [0.29, 0.717) is 17.2 Å². The molecule has 1 fully saturated rings. The number of hydrogen-bond donors (Lipinski definition) is 0. The summed E-state index contributed by atoms with van der Waals surface area (Å²) < 4.78 is 10.3. The number of rotatable bonds is 5. The number of hydrogen-bond acceptors (Lipinski definition) is 4. The third kappa shape index (κ3) is 3.59. The zero-order chi connectivity index (χ0) is 14.4. The third-order valence-corrected chi connectivity index (χ3v) is 3.72. The summed E-state index contributed by atoms with van der Waals surface area (Å²) in [5.41, 5.74) is 0.701. The number of pyridine rings is 1. The molecule has 0 bridgehead atoms. The van der Waals surface area contributed by atoms with Gasteiger partial charge in [0.2, 0.25) is 0 Å². The molecule has 0 saturated heterocycles. The average molecular weight is 275 g/mol. The van der Waals surface area contributed by atoms with Crippen molar-refractivity contribution in [3.63, 3.8) is 0 Å². The van der Waals surface area contributed by atoms with Gasteiger partial charge in [-0.15, -0.1) is 0 Å². The summed E-state index contributed by atoms with van der Waals surface area (Å²) in [6, 6.07) is 1.77. The van der Waals surface area contributed by atoms with Gasteiger partial charge in [0.25, 0.3) is 0 Å². The van der Waals surface area contributed by atoms with Crippen LogP contribution in [0, 0.1) is 5.92 Å². The van der Waals surface area contributed by atoms with Crippen LogP contribution in [0.15, 0.2) is 18.3 Å². The zero-order valence-corrected chi connectivity index (χ0v) is 12.1. The van der Waals surface area contributed by atoms with E-state index in [1.165, 1.54) is 19.3 Å². The van der Waals surface area contributed by atoms with Crippen LogP contribution in [0.4, 0.5) is 0 Å². The van der Waals surface area contributed by atoms with Crippen LogP contribution in [0.5, 0.6) is 11.5 Å². The molecule has 0 amide bonds. The van der Waals surface area contributed by atoms with E-state index < -0.39 is 0 Å². The molecule has 0 atom stereocenters. The Morgan fingerprint density at radius 2 is 1.90 bits per heavy atom. The SMILES string of the molecule is COc1cnc(C=CC(=O)C2CCCCC2)cc1OC. The number of allylic oxidation sites excluding steroid dienone is 1. The van der Waals surface area contributed by atoms with Gasteiger partial charge in [-0.1, -0.05) is 19.3 Å². The first-order valence-electron chi connectivity index (χ1n) is 7.04. The first kappa shape index (κ1) is 14.6. The molecule has 4 heteroatoms. The molecule has 1 aromatic heterocycles. The quantitative estimate of drug-likeness (QED) is 0.774. The minimum atomic E-state index is 0.195. The van der Waals surface area contributed by atoms with Crippen molar-refractivity contribution in [3.8, 4) is 11.5 Å². The number of methoxy groups -OCH3 is 2. The fourth-order valence-corrected chi connectivity index (χ4v) is 2.53. The molecule has 4 nitrogen and oxygen atoms in total. The molecule has 0 N–H and O–H groups in total. The maximum atomic E-state index is 12.1. The van der Waals surface area contributed by atoms with E-state index in [2.05, 4.69) is 4.98 Å². The van der Waals surface area contributed by atoms with Crippen molar-refractivity contribution in [2.45, 2.75) is 32.1 Å². The van der Waals surface area contributed by atoms with E-state index in [1.54, 1.807) is 38.6 Å². The second-order valence-corrected chi connectivity index (χ2v) is 5.03. The first-order valence-corrected chi connectivity index (χ1v) is 7.04. The molecule has 1 heterocycles. The van der Waals surface area contributed by atoms with Gasteiger partial charge in [0, 0.05) is 12.0 Å². The fraction of sp³-hybridized carbons (Fsp3) is 0.500. The Kier molecular flexibility index (Phi) is 5.16. The number of carbonyl (C=O) groups excluding carboxylic acids is 1. The van der Waals surface area contributed by atoms with E-state index in [4.69, 9.17) is 9.47 Å². The number of aromatic nitrogens is 1. The van der Waals surface area contributed by atoms with Gasteiger partial charge < -0.3 is 9.47 Å². The highest BCUT2D eigenvalue weighted by molar-refractivity contribution is 5.95. The van der Waals surface area contributed by atoms with Crippen molar-refractivity contribution in [1.82, 2.24) is 4.98 Å². The Morgan fingerprint density at radius 3 is 2.55 bits per heavy atom. The lowest BCUT2D eigenvalue weighted by atomic mass is 9.86. The molecule has 2 rings (SSSR count). The largest absolute Gasteiger partial charge is 0.493 e. The molecule has 1 saturated carbocycles. The zero-order valence-electron chi connectivity index (χ0n) is 12.1. The summed E-state index contributed by atoms with van der Waals surface area (Å²) in [6.45, 7) is 0. The Hall–Kier alpha value is -1.84. The van der Waals surface area contributed by atoms with Crippen molar-refractivity contribution < 1.29 is 14.3 Å². The maximum absolute atomic E-state index is 12.1. The van der Waals surface area contributed by atoms with Crippen molar-refractivity contribution in [3.05, 3.63) is 24.0 Å². The average Bonchev–Trinajstić information content (AvgIpc) is 2.53. The molecule has 1 aromatic rings. The lowest BCUT2D eigenvalue weighted by molar-refractivity contribution is -0.119. The van der Waals surface area contributed by atoms with Crippen molar-refractivity contribution >= 4 is 11.9 Å². The molecule has 1 aliphatic rings. The molecule has 20 heavy (non-hydrogen) atoms. The highest BCUT2D eigenvalue weighted by Crippen LogP contribution is 2.27. The molecule has 0 aliphatic heterocycles. The summed E-state index contributed by atoms with van der Waals surface area (Å²) in [5.74, 6) is 1.61. The Balaban J connectivity index is 2.04. The van der Waals surface area contributed by atoms with Crippen LogP contribution in [-0.2, 0) is 4.79 Å². The number of nitrogens with zero attached hydrogens (tertiary/aromatic N) is 1. The van der Waals surface area contributed by atoms with E-state index in [0.717, 1.165) is 12.8 Å². The van der Waals surface area contributed by atoms with Gasteiger partial charge >= 0.3 is 0 Å². The second kappa shape index (κ2) is 7.08. The van der Waals surface area contributed by atoms with Gasteiger partial charge in [-0.3, -0.25) is 9.78 Å². The normalized spacial score (nSPS) is 16.3.